The van der Waals surface area contributed by atoms with Gasteiger partial charge in [-0.05, 0) is 51.6 Å². The van der Waals surface area contributed by atoms with Crippen molar-refractivity contribution in [1.82, 2.24) is 15.2 Å². The van der Waals surface area contributed by atoms with Gasteiger partial charge in [0.05, 0.1) is 17.8 Å². The fourth-order valence-electron chi connectivity index (χ4n) is 5.56. The number of carbonyl (C=O) groups is 1. The molecule has 1 fully saturated rings. The van der Waals surface area contributed by atoms with Crippen molar-refractivity contribution >= 4 is 28.1 Å². The first-order chi connectivity index (χ1) is 18.7. The molecule has 39 heavy (non-hydrogen) atoms. The molecule has 0 radical (unpaired) electrons. The van der Waals surface area contributed by atoms with E-state index in [1.165, 1.54) is 23.5 Å². The fraction of sp³-hybridized carbons (Fsp3) is 0.500. The van der Waals surface area contributed by atoms with Gasteiger partial charge in [-0.3, -0.25) is 4.79 Å². The van der Waals surface area contributed by atoms with Gasteiger partial charge in [0.1, 0.15) is 5.69 Å². The number of hydrogen-bond donors (Lipinski definition) is 3. The number of fused-ring (bicyclic) bond motifs is 3. The van der Waals surface area contributed by atoms with Crippen LogP contribution in [-0.4, -0.2) is 61.7 Å². The molecule has 1 saturated heterocycles. The number of nitrogens with zero attached hydrogens (tertiary/aromatic N) is 2. The van der Waals surface area contributed by atoms with E-state index in [9.17, 15) is 18.0 Å². The van der Waals surface area contributed by atoms with Crippen molar-refractivity contribution in [1.29, 1.82) is 0 Å². The molecule has 2 aliphatic heterocycles. The highest BCUT2D eigenvalue weighted by Crippen LogP contribution is 2.49. The van der Waals surface area contributed by atoms with Gasteiger partial charge >= 0.3 is 6.18 Å². The lowest BCUT2D eigenvalue weighted by molar-refractivity contribution is -0.138. The molecular weight excluding hydrogens is 527 g/mol. The Morgan fingerprint density at radius 1 is 1.26 bits per heavy atom. The number of amides is 1. The zero-order valence-corrected chi connectivity index (χ0v) is 22.8. The molecule has 5 rings (SSSR count). The lowest BCUT2D eigenvalue weighted by Gasteiger charge is -2.47. The number of aromatic nitrogens is 1. The molecule has 3 N–H and O–H groups in total. The number of ether oxygens (including phenoxy) is 1. The molecule has 1 amide bonds. The molecule has 0 bridgehead atoms. The van der Waals surface area contributed by atoms with Gasteiger partial charge < -0.3 is 25.6 Å². The third kappa shape index (κ3) is 6.47. The molecule has 1 aliphatic carbocycles. The van der Waals surface area contributed by atoms with Crippen LogP contribution in [0.15, 0.2) is 47.9 Å². The first-order valence-corrected chi connectivity index (χ1v) is 14.2. The van der Waals surface area contributed by atoms with Gasteiger partial charge in [0, 0.05) is 54.1 Å². The van der Waals surface area contributed by atoms with E-state index in [1.807, 2.05) is 31.1 Å². The van der Waals surface area contributed by atoms with Gasteiger partial charge in [-0.2, -0.15) is 13.2 Å². The van der Waals surface area contributed by atoms with Crippen LogP contribution in [0.3, 0.4) is 0 Å². The maximum atomic E-state index is 13.6. The second-order valence-corrected chi connectivity index (χ2v) is 11.4. The minimum Gasteiger partial charge on any atom is -0.381 e. The van der Waals surface area contributed by atoms with Crippen molar-refractivity contribution in [2.24, 2.45) is 11.8 Å². The summed E-state index contributed by atoms with van der Waals surface area (Å²) in [6.07, 6.45) is 5.79. The van der Waals surface area contributed by atoms with Crippen molar-refractivity contribution in [2.75, 3.05) is 44.4 Å². The van der Waals surface area contributed by atoms with Crippen LogP contribution in [0, 0.1) is 11.8 Å². The molecule has 210 valence electrons. The maximum Gasteiger partial charge on any atom is 0.416 e. The van der Waals surface area contributed by atoms with Crippen LogP contribution in [0.5, 0.6) is 0 Å². The number of likely N-dealkylation sites (N-methyl/N-ethyl adjacent to an activating group) is 1. The number of alkyl halides is 3. The van der Waals surface area contributed by atoms with E-state index in [2.05, 4.69) is 33.1 Å². The van der Waals surface area contributed by atoms with Gasteiger partial charge in [-0.1, -0.05) is 24.3 Å². The number of benzene rings is 1. The Bertz CT molecular complexity index is 1230. The Morgan fingerprint density at radius 2 is 2.10 bits per heavy atom. The van der Waals surface area contributed by atoms with Crippen molar-refractivity contribution in [3.63, 3.8) is 0 Å². The fourth-order valence-corrected chi connectivity index (χ4v) is 6.26. The minimum atomic E-state index is -4.42. The topological polar surface area (TPSA) is 78.5 Å². The molecule has 1 unspecified atom stereocenters. The van der Waals surface area contributed by atoms with Gasteiger partial charge in [0.25, 0.3) is 5.91 Å². The summed E-state index contributed by atoms with van der Waals surface area (Å²) in [6, 6.07) is 3.99. The van der Waals surface area contributed by atoms with Crippen LogP contribution in [0.4, 0.5) is 24.0 Å². The molecule has 0 saturated carbocycles. The van der Waals surface area contributed by atoms with Crippen LogP contribution < -0.4 is 16.0 Å². The molecule has 1 aromatic carbocycles. The summed E-state index contributed by atoms with van der Waals surface area (Å²) in [4.78, 5) is 18.7. The number of anilines is 2. The smallest absolute Gasteiger partial charge is 0.381 e. The highest BCUT2D eigenvalue weighted by atomic mass is 32.1. The number of nitrogens with one attached hydrogen (secondary N) is 3. The Hall–Kier alpha value is -2.89. The van der Waals surface area contributed by atoms with E-state index in [-0.39, 0.29) is 29.9 Å². The maximum absolute atomic E-state index is 13.6. The Morgan fingerprint density at radius 3 is 2.85 bits per heavy atom. The standard InChI is InChI=1S/C28H34F3N5O2S/c1-36(2)13-12-32-26(37)23-16-39-27(35-23)33-15-19-9-10-20-24(17-6-4-3-5-7-17)34-22-11-8-18(28(29,30)31)14-21(22)25(20)38-19/h3-6,8,11,14,16-17,19-20,24-25,34H,7,9-10,12-13,15H2,1-2H3,(H,32,37)(H,33,35)/t17?,19-,20+,24+,25+/m1/s1. The normalized spacial score (nSPS) is 26.1. The number of allylic oxidation sites excluding steroid dienone is 3. The van der Waals surface area contributed by atoms with E-state index in [0.29, 0.717) is 35.2 Å². The average molecular weight is 562 g/mol. The largest absolute Gasteiger partial charge is 0.416 e. The van der Waals surface area contributed by atoms with Crippen LogP contribution in [-0.2, 0) is 10.9 Å². The Balaban J connectivity index is 1.28. The van der Waals surface area contributed by atoms with E-state index in [4.69, 9.17) is 4.74 Å². The lowest BCUT2D eigenvalue weighted by atomic mass is 9.73. The predicted molar refractivity (Wildman–Crippen MR) is 147 cm³/mol. The molecule has 7 nitrogen and oxygen atoms in total. The second-order valence-electron chi connectivity index (χ2n) is 10.6. The van der Waals surface area contributed by atoms with Gasteiger partial charge in [-0.15, -0.1) is 11.3 Å². The quantitative estimate of drug-likeness (QED) is 0.405. The third-order valence-electron chi connectivity index (χ3n) is 7.56. The summed E-state index contributed by atoms with van der Waals surface area (Å²) in [7, 11) is 3.88. The van der Waals surface area contributed by atoms with Crippen LogP contribution in [0.1, 0.15) is 47.0 Å². The van der Waals surface area contributed by atoms with E-state index in [0.717, 1.165) is 31.9 Å². The zero-order valence-electron chi connectivity index (χ0n) is 22.0. The number of carbonyl (C=O) groups excluding carboxylic acids is 1. The molecule has 3 aliphatic rings. The summed E-state index contributed by atoms with van der Waals surface area (Å²) >= 11 is 1.34. The van der Waals surface area contributed by atoms with Crippen LogP contribution in [0.25, 0.3) is 0 Å². The summed E-state index contributed by atoms with van der Waals surface area (Å²) in [5.74, 6) is 0.0758. The van der Waals surface area contributed by atoms with E-state index < -0.39 is 17.8 Å². The summed E-state index contributed by atoms with van der Waals surface area (Å²) < 4.78 is 47.3. The van der Waals surface area contributed by atoms with E-state index >= 15 is 0 Å². The molecule has 1 aromatic heterocycles. The molecule has 5 atom stereocenters. The minimum absolute atomic E-state index is 0.0516. The predicted octanol–water partition coefficient (Wildman–Crippen LogP) is 5.33. The van der Waals surface area contributed by atoms with Crippen molar-refractivity contribution in [3.05, 3.63) is 64.7 Å². The second kappa shape index (κ2) is 11.7. The van der Waals surface area contributed by atoms with Crippen LogP contribution >= 0.6 is 11.3 Å². The zero-order chi connectivity index (χ0) is 27.6. The van der Waals surface area contributed by atoms with Crippen molar-refractivity contribution in [3.8, 4) is 0 Å². The van der Waals surface area contributed by atoms with Crippen LogP contribution in [0.2, 0.25) is 0 Å². The number of rotatable bonds is 8. The molecule has 0 spiro atoms. The number of hydrogen-bond acceptors (Lipinski definition) is 7. The Kier molecular flexibility index (Phi) is 8.29. The SMILES string of the molecule is CN(C)CCNC(=O)c1csc(NC[C@H]2CC[C@@H]3[C@H](O2)c2cc(C(F)(F)F)ccc2N[C@H]3C2C=CC=CC2)n1. The number of halogens is 3. The highest BCUT2D eigenvalue weighted by molar-refractivity contribution is 7.13. The summed E-state index contributed by atoms with van der Waals surface area (Å²) in [5, 5.41) is 12.0. The monoisotopic (exact) mass is 561 g/mol. The summed E-state index contributed by atoms with van der Waals surface area (Å²) in [6.45, 7) is 1.72. The average Bonchev–Trinajstić information content (AvgIpc) is 3.40. The van der Waals surface area contributed by atoms with Gasteiger partial charge in [0.15, 0.2) is 5.13 Å². The Labute approximate surface area is 230 Å². The molecule has 3 heterocycles. The van der Waals surface area contributed by atoms with Gasteiger partial charge in [0.2, 0.25) is 0 Å². The van der Waals surface area contributed by atoms with Gasteiger partial charge in [-0.25, -0.2) is 4.98 Å². The molecule has 11 heteroatoms. The first kappa shape index (κ1) is 27.7. The van der Waals surface area contributed by atoms with E-state index in [1.54, 1.807) is 5.38 Å². The molecule has 2 aromatic rings. The summed E-state index contributed by atoms with van der Waals surface area (Å²) in [5.41, 5.74) is 0.965. The lowest BCUT2D eigenvalue weighted by Crippen LogP contribution is -2.47. The number of thiazole rings is 1. The van der Waals surface area contributed by atoms with Crippen molar-refractivity contribution < 1.29 is 22.7 Å². The highest BCUT2D eigenvalue weighted by Gasteiger charge is 2.45. The van der Waals surface area contributed by atoms with Crippen molar-refractivity contribution in [2.45, 2.75) is 43.7 Å². The molecular formula is C28H34F3N5O2S. The third-order valence-corrected chi connectivity index (χ3v) is 8.36. The first-order valence-electron chi connectivity index (χ1n) is 13.3.